The Morgan fingerprint density at radius 3 is 3.00 bits per heavy atom. The molecule has 0 saturated heterocycles. The van der Waals surface area contributed by atoms with Crippen LogP contribution in [0.1, 0.15) is 35.6 Å². The number of rotatable bonds is 7. The maximum atomic E-state index is 4.11. The first-order valence-corrected chi connectivity index (χ1v) is 7.81. The van der Waals surface area contributed by atoms with Crippen LogP contribution in [0, 0.1) is 0 Å². The Hall–Kier alpha value is -1.31. The Bertz CT molecular complexity index is 531. The van der Waals surface area contributed by atoms with Gasteiger partial charge < -0.3 is 10.2 Å². The third-order valence-corrected chi connectivity index (χ3v) is 4.54. The lowest BCUT2D eigenvalue weighted by Gasteiger charge is -2.23. The fraction of sp³-hybridized carbons (Fsp3) is 0.615. The van der Waals surface area contributed by atoms with Gasteiger partial charge in [-0.2, -0.15) is 0 Å². The predicted octanol–water partition coefficient (Wildman–Crippen LogP) is 1.46. The summed E-state index contributed by atoms with van der Waals surface area (Å²) in [6, 6.07) is 5.21. The number of tetrazole rings is 1. The van der Waals surface area contributed by atoms with Gasteiger partial charge in [-0.05, 0) is 48.8 Å². The molecule has 6 nitrogen and oxygen atoms in total. The second-order valence-corrected chi connectivity index (χ2v) is 6.38. The van der Waals surface area contributed by atoms with E-state index in [9.17, 15) is 0 Å². The molecule has 0 radical (unpaired) electrons. The van der Waals surface area contributed by atoms with E-state index in [2.05, 4.69) is 57.4 Å². The van der Waals surface area contributed by atoms with Gasteiger partial charge in [0.15, 0.2) is 5.82 Å². The first kappa shape index (κ1) is 13.7. The van der Waals surface area contributed by atoms with Crippen molar-refractivity contribution < 1.29 is 0 Å². The first-order valence-electron chi connectivity index (χ1n) is 6.93. The minimum atomic E-state index is 0.389. The van der Waals surface area contributed by atoms with Crippen LogP contribution in [0.5, 0.6) is 0 Å². The fourth-order valence-corrected chi connectivity index (χ4v) is 3.19. The van der Waals surface area contributed by atoms with Gasteiger partial charge >= 0.3 is 0 Å². The average Bonchev–Trinajstić information content (AvgIpc) is 2.94. The number of aromatic nitrogens is 4. The van der Waals surface area contributed by atoms with Crippen molar-refractivity contribution in [2.24, 2.45) is 0 Å². The molecule has 0 aliphatic heterocycles. The van der Waals surface area contributed by atoms with Crippen molar-refractivity contribution in [3.8, 4) is 0 Å². The molecule has 0 bridgehead atoms. The van der Waals surface area contributed by atoms with E-state index in [0.717, 1.165) is 18.9 Å². The van der Waals surface area contributed by atoms with Crippen molar-refractivity contribution in [1.82, 2.24) is 30.4 Å². The van der Waals surface area contributed by atoms with Crippen LogP contribution in [0.15, 0.2) is 17.5 Å². The van der Waals surface area contributed by atoms with Gasteiger partial charge in [-0.1, -0.05) is 6.07 Å². The summed E-state index contributed by atoms with van der Waals surface area (Å²) in [5.74, 6) is 0.941. The monoisotopic (exact) mass is 292 g/mol. The Morgan fingerprint density at radius 2 is 2.35 bits per heavy atom. The second kappa shape index (κ2) is 5.99. The molecule has 1 saturated carbocycles. The highest BCUT2D eigenvalue weighted by molar-refractivity contribution is 7.10. The van der Waals surface area contributed by atoms with Crippen molar-refractivity contribution in [2.45, 2.75) is 31.5 Å². The number of thiophene rings is 1. The molecule has 108 valence electrons. The molecule has 0 spiro atoms. The van der Waals surface area contributed by atoms with E-state index in [1.54, 1.807) is 11.3 Å². The summed E-state index contributed by atoms with van der Waals surface area (Å²) in [6.07, 6.45) is 2.40. The van der Waals surface area contributed by atoms with E-state index >= 15 is 0 Å². The predicted molar refractivity (Wildman–Crippen MR) is 78.5 cm³/mol. The van der Waals surface area contributed by atoms with Crippen LogP contribution >= 0.6 is 11.3 Å². The number of likely N-dealkylation sites (N-methyl/N-ethyl adjacent to an activating group) is 1. The lowest BCUT2D eigenvalue weighted by atomic mass is 10.2. The molecule has 7 heteroatoms. The molecule has 0 amide bonds. The maximum absolute atomic E-state index is 4.11. The lowest BCUT2D eigenvalue weighted by molar-refractivity contribution is 0.291. The summed E-state index contributed by atoms with van der Waals surface area (Å²) in [6.45, 7) is 1.62. The van der Waals surface area contributed by atoms with Gasteiger partial charge in [0.25, 0.3) is 0 Å². The Balaban J connectivity index is 1.56. The average molecular weight is 292 g/mol. The number of hydrogen-bond acceptors (Lipinski definition) is 6. The van der Waals surface area contributed by atoms with E-state index in [1.807, 2.05) is 4.68 Å². The Kier molecular flexibility index (Phi) is 4.09. The zero-order valence-corrected chi connectivity index (χ0v) is 12.7. The number of hydrogen-bond donors (Lipinski definition) is 1. The Labute approximate surface area is 122 Å². The minimum absolute atomic E-state index is 0.389. The van der Waals surface area contributed by atoms with Gasteiger partial charge in [-0.3, -0.25) is 0 Å². The van der Waals surface area contributed by atoms with Crippen LogP contribution in [0.4, 0.5) is 0 Å². The topological polar surface area (TPSA) is 58.9 Å². The normalized spacial score (nSPS) is 16.8. The van der Waals surface area contributed by atoms with Crippen LogP contribution in [0.2, 0.25) is 0 Å². The van der Waals surface area contributed by atoms with E-state index < -0.39 is 0 Å². The lowest BCUT2D eigenvalue weighted by Crippen LogP contribution is -2.31. The van der Waals surface area contributed by atoms with Crippen LogP contribution < -0.4 is 5.32 Å². The molecule has 0 unspecified atom stereocenters. The molecule has 20 heavy (non-hydrogen) atoms. The van der Waals surface area contributed by atoms with Crippen molar-refractivity contribution in [1.29, 1.82) is 0 Å². The van der Waals surface area contributed by atoms with Crippen molar-refractivity contribution >= 4 is 11.3 Å². The van der Waals surface area contributed by atoms with Crippen LogP contribution in [0.25, 0.3) is 0 Å². The zero-order valence-electron chi connectivity index (χ0n) is 11.9. The molecule has 0 aromatic carbocycles. The molecule has 2 aromatic rings. The van der Waals surface area contributed by atoms with E-state index in [-0.39, 0.29) is 0 Å². The largest absolute Gasteiger partial charge is 0.308 e. The van der Waals surface area contributed by atoms with Gasteiger partial charge in [-0.25, -0.2) is 4.68 Å². The van der Waals surface area contributed by atoms with Gasteiger partial charge in [0.05, 0.1) is 18.6 Å². The third kappa shape index (κ3) is 3.05. The van der Waals surface area contributed by atoms with Crippen LogP contribution in [-0.2, 0) is 6.54 Å². The van der Waals surface area contributed by atoms with Gasteiger partial charge in [0, 0.05) is 11.4 Å². The SMILES string of the molecule is CN(C)[C@H](CNCc1nnnn1C1CC1)c1cccs1. The maximum Gasteiger partial charge on any atom is 0.165 e. The summed E-state index contributed by atoms with van der Waals surface area (Å²) in [5, 5.41) is 17.6. The molecule has 2 aromatic heterocycles. The molecule has 2 heterocycles. The van der Waals surface area contributed by atoms with Gasteiger partial charge in [0.2, 0.25) is 0 Å². The first-order chi connectivity index (χ1) is 9.75. The summed E-state index contributed by atoms with van der Waals surface area (Å²) < 4.78 is 1.96. The van der Waals surface area contributed by atoms with E-state index in [1.165, 1.54) is 17.7 Å². The highest BCUT2D eigenvalue weighted by Crippen LogP contribution is 2.34. The molecular weight excluding hydrogens is 272 g/mol. The summed E-state index contributed by atoms with van der Waals surface area (Å²) in [5.41, 5.74) is 0. The standard InChI is InChI=1S/C13H20N6S/c1-18(2)11(12-4-3-7-20-12)8-14-9-13-15-16-17-19(13)10-5-6-10/h3-4,7,10-11,14H,5-6,8-9H2,1-2H3/t11-/m1/s1. The molecule has 1 atom stereocenters. The summed E-state index contributed by atoms with van der Waals surface area (Å²) in [7, 11) is 4.22. The van der Waals surface area contributed by atoms with Crippen LogP contribution in [0.3, 0.4) is 0 Å². The van der Waals surface area contributed by atoms with Gasteiger partial charge in [0.1, 0.15) is 0 Å². The van der Waals surface area contributed by atoms with Crippen molar-refractivity contribution in [3.05, 3.63) is 28.2 Å². The van der Waals surface area contributed by atoms with Gasteiger partial charge in [-0.15, -0.1) is 16.4 Å². The van der Waals surface area contributed by atoms with Crippen molar-refractivity contribution in [3.63, 3.8) is 0 Å². The minimum Gasteiger partial charge on any atom is -0.308 e. The Morgan fingerprint density at radius 1 is 1.50 bits per heavy atom. The quantitative estimate of drug-likeness (QED) is 0.837. The fourth-order valence-electron chi connectivity index (χ4n) is 2.27. The molecule has 1 aliphatic carbocycles. The highest BCUT2D eigenvalue weighted by atomic mass is 32.1. The molecular formula is C13H20N6S. The molecule has 1 N–H and O–H groups in total. The molecule has 3 rings (SSSR count). The smallest absolute Gasteiger partial charge is 0.165 e. The zero-order chi connectivity index (χ0) is 13.9. The highest BCUT2D eigenvalue weighted by Gasteiger charge is 2.27. The number of nitrogens with one attached hydrogen (secondary N) is 1. The molecule has 1 fully saturated rings. The molecule has 1 aliphatic rings. The summed E-state index contributed by atoms with van der Waals surface area (Å²) in [4.78, 5) is 3.62. The second-order valence-electron chi connectivity index (χ2n) is 5.40. The van der Waals surface area contributed by atoms with Crippen LogP contribution in [-0.4, -0.2) is 45.7 Å². The third-order valence-electron chi connectivity index (χ3n) is 3.57. The van der Waals surface area contributed by atoms with E-state index in [0.29, 0.717) is 12.1 Å². The van der Waals surface area contributed by atoms with Crippen molar-refractivity contribution in [2.75, 3.05) is 20.6 Å². The number of nitrogens with zero attached hydrogens (tertiary/aromatic N) is 5. The summed E-state index contributed by atoms with van der Waals surface area (Å²) >= 11 is 1.80. The van der Waals surface area contributed by atoms with E-state index in [4.69, 9.17) is 0 Å².